The van der Waals surface area contributed by atoms with E-state index >= 15 is 0 Å². The number of dihydropyridines is 1. The van der Waals surface area contributed by atoms with Crippen LogP contribution in [0.2, 0.25) is 0 Å². The minimum Gasteiger partial charge on any atom is -0.385 e. The van der Waals surface area contributed by atoms with Gasteiger partial charge >= 0.3 is 0 Å². The van der Waals surface area contributed by atoms with Crippen molar-refractivity contribution in [2.45, 2.75) is 33.2 Å². The van der Waals surface area contributed by atoms with Gasteiger partial charge < -0.3 is 10.2 Å². The topological polar surface area (TPSA) is 15.3 Å². The van der Waals surface area contributed by atoms with Gasteiger partial charge in [0.05, 0.1) is 0 Å². The molecule has 0 spiro atoms. The Kier molecular flexibility index (Phi) is 4.47. The van der Waals surface area contributed by atoms with Gasteiger partial charge in [-0.3, -0.25) is 0 Å². The van der Waals surface area contributed by atoms with Crippen LogP contribution in [-0.4, -0.2) is 24.5 Å². The van der Waals surface area contributed by atoms with Gasteiger partial charge in [-0.15, -0.1) is 0 Å². The second kappa shape index (κ2) is 5.64. The van der Waals surface area contributed by atoms with Crippen LogP contribution in [0.15, 0.2) is 35.7 Å². The lowest BCUT2D eigenvalue weighted by Crippen LogP contribution is -2.25. The van der Waals surface area contributed by atoms with E-state index in [1.165, 1.54) is 11.3 Å². The summed E-state index contributed by atoms with van der Waals surface area (Å²) < 4.78 is 0. The number of allylic oxidation sites excluding steroid dienone is 2. The van der Waals surface area contributed by atoms with Crippen LogP contribution in [0.3, 0.4) is 0 Å². The molecule has 0 amide bonds. The Hall–Kier alpha value is -1.18. The standard InChI is InChI=1S/C13H22N2/c1-5-6-12(3)15(4)10-13-8-7-11(2)14-9-13/h6-9,11,14H,5,10H2,1-4H3/b12-6+. The van der Waals surface area contributed by atoms with Crippen molar-refractivity contribution in [3.05, 3.63) is 35.7 Å². The fraction of sp³-hybridized carbons (Fsp3) is 0.538. The summed E-state index contributed by atoms with van der Waals surface area (Å²) in [6.45, 7) is 7.45. The van der Waals surface area contributed by atoms with Gasteiger partial charge in [0.15, 0.2) is 0 Å². The Morgan fingerprint density at radius 3 is 2.87 bits per heavy atom. The molecule has 1 N–H and O–H groups in total. The molecule has 1 heterocycles. The smallest absolute Gasteiger partial charge is 0.0437 e. The van der Waals surface area contributed by atoms with Crippen LogP contribution in [0, 0.1) is 0 Å². The highest BCUT2D eigenvalue weighted by molar-refractivity contribution is 5.25. The van der Waals surface area contributed by atoms with Gasteiger partial charge in [-0.25, -0.2) is 0 Å². The van der Waals surface area contributed by atoms with E-state index < -0.39 is 0 Å². The highest BCUT2D eigenvalue weighted by atomic mass is 15.1. The number of hydrogen-bond acceptors (Lipinski definition) is 2. The molecule has 0 aromatic carbocycles. The first-order valence-corrected chi connectivity index (χ1v) is 5.64. The molecule has 1 atom stereocenters. The summed E-state index contributed by atoms with van der Waals surface area (Å²) in [5.74, 6) is 0. The van der Waals surface area contributed by atoms with Crippen LogP contribution in [0.4, 0.5) is 0 Å². The Morgan fingerprint density at radius 2 is 2.33 bits per heavy atom. The van der Waals surface area contributed by atoms with Crippen LogP contribution < -0.4 is 5.32 Å². The van der Waals surface area contributed by atoms with E-state index in [4.69, 9.17) is 0 Å². The van der Waals surface area contributed by atoms with Crippen molar-refractivity contribution >= 4 is 0 Å². The van der Waals surface area contributed by atoms with E-state index in [1.54, 1.807) is 0 Å². The highest BCUT2D eigenvalue weighted by Crippen LogP contribution is 2.09. The predicted molar refractivity (Wildman–Crippen MR) is 66.5 cm³/mol. The van der Waals surface area contributed by atoms with Crippen molar-refractivity contribution in [3.8, 4) is 0 Å². The third-order valence-corrected chi connectivity index (χ3v) is 2.65. The van der Waals surface area contributed by atoms with Gasteiger partial charge in [-0.2, -0.15) is 0 Å². The lowest BCUT2D eigenvalue weighted by molar-refractivity contribution is 0.453. The molecular weight excluding hydrogens is 184 g/mol. The van der Waals surface area contributed by atoms with E-state index in [0.29, 0.717) is 6.04 Å². The van der Waals surface area contributed by atoms with Gasteiger partial charge in [-0.05, 0) is 25.8 Å². The molecule has 2 nitrogen and oxygen atoms in total. The predicted octanol–water partition coefficient (Wildman–Crippen LogP) is 2.66. The molecule has 1 aliphatic rings. The molecule has 0 bridgehead atoms. The lowest BCUT2D eigenvalue weighted by atomic mass is 10.1. The van der Waals surface area contributed by atoms with E-state index in [2.05, 4.69) is 62.5 Å². The number of hydrogen-bond donors (Lipinski definition) is 1. The SMILES string of the molecule is CC/C=C(\C)N(C)CC1=CNC(C)C=C1. The number of nitrogens with one attached hydrogen (secondary N) is 1. The molecule has 0 aliphatic carbocycles. The van der Waals surface area contributed by atoms with Gasteiger partial charge in [0.1, 0.15) is 0 Å². The molecule has 15 heavy (non-hydrogen) atoms. The van der Waals surface area contributed by atoms with E-state index in [1.807, 2.05) is 0 Å². The first-order chi connectivity index (χ1) is 7.13. The summed E-state index contributed by atoms with van der Waals surface area (Å²) in [6, 6.07) is 0.464. The average Bonchev–Trinajstić information content (AvgIpc) is 2.22. The van der Waals surface area contributed by atoms with Crippen molar-refractivity contribution in [1.29, 1.82) is 0 Å². The zero-order valence-electron chi connectivity index (χ0n) is 10.2. The van der Waals surface area contributed by atoms with Gasteiger partial charge in [0.2, 0.25) is 0 Å². The Balaban J connectivity index is 2.49. The van der Waals surface area contributed by atoms with Gasteiger partial charge in [0.25, 0.3) is 0 Å². The Morgan fingerprint density at radius 1 is 1.60 bits per heavy atom. The van der Waals surface area contributed by atoms with Crippen LogP contribution in [0.1, 0.15) is 27.2 Å². The molecule has 0 radical (unpaired) electrons. The first-order valence-electron chi connectivity index (χ1n) is 5.64. The molecule has 2 heteroatoms. The fourth-order valence-electron chi connectivity index (χ4n) is 1.56. The normalized spacial score (nSPS) is 20.9. The molecule has 0 saturated carbocycles. The monoisotopic (exact) mass is 206 g/mol. The van der Waals surface area contributed by atoms with E-state index in [9.17, 15) is 0 Å². The summed E-state index contributed by atoms with van der Waals surface area (Å²) in [4.78, 5) is 2.28. The van der Waals surface area contributed by atoms with Crippen LogP contribution in [0.25, 0.3) is 0 Å². The highest BCUT2D eigenvalue weighted by Gasteiger charge is 2.05. The quantitative estimate of drug-likeness (QED) is 0.760. The van der Waals surface area contributed by atoms with Crippen molar-refractivity contribution in [2.24, 2.45) is 0 Å². The zero-order chi connectivity index (χ0) is 11.3. The molecule has 0 aromatic heterocycles. The summed E-state index contributed by atoms with van der Waals surface area (Å²) in [5, 5.41) is 3.31. The maximum atomic E-state index is 3.31. The van der Waals surface area contributed by atoms with Crippen molar-refractivity contribution in [3.63, 3.8) is 0 Å². The third kappa shape index (κ3) is 3.82. The summed E-state index contributed by atoms with van der Waals surface area (Å²) in [6.07, 6.45) is 9.86. The molecular formula is C13H22N2. The molecule has 0 saturated heterocycles. The largest absolute Gasteiger partial charge is 0.385 e. The molecule has 1 rings (SSSR count). The van der Waals surface area contributed by atoms with Gasteiger partial charge in [0, 0.05) is 31.5 Å². The van der Waals surface area contributed by atoms with Crippen molar-refractivity contribution in [2.75, 3.05) is 13.6 Å². The zero-order valence-corrected chi connectivity index (χ0v) is 10.2. The fourth-order valence-corrected chi connectivity index (χ4v) is 1.56. The summed E-state index contributed by atoms with van der Waals surface area (Å²) >= 11 is 0. The van der Waals surface area contributed by atoms with E-state index in [-0.39, 0.29) is 0 Å². The molecule has 1 aliphatic heterocycles. The van der Waals surface area contributed by atoms with Crippen LogP contribution in [-0.2, 0) is 0 Å². The first kappa shape index (κ1) is 11.9. The second-order valence-corrected chi connectivity index (χ2v) is 4.14. The Bertz CT molecular complexity index is 287. The number of likely N-dealkylation sites (N-methyl/N-ethyl adjacent to an activating group) is 1. The molecule has 84 valence electrons. The third-order valence-electron chi connectivity index (χ3n) is 2.65. The van der Waals surface area contributed by atoms with Gasteiger partial charge in [-0.1, -0.05) is 25.2 Å². The van der Waals surface area contributed by atoms with Crippen LogP contribution >= 0.6 is 0 Å². The Labute approximate surface area is 93.4 Å². The number of nitrogens with zero attached hydrogens (tertiary/aromatic N) is 1. The minimum absolute atomic E-state index is 0.464. The van der Waals surface area contributed by atoms with Crippen LogP contribution in [0.5, 0.6) is 0 Å². The van der Waals surface area contributed by atoms with Crippen molar-refractivity contribution < 1.29 is 0 Å². The molecule has 0 aromatic rings. The van der Waals surface area contributed by atoms with E-state index in [0.717, 1.165) is 13.0 Å². The minimum atomic E-state index is 0.464. The average molecular weight is 206 g/mol. The number of rotatable bonds is 4. The maximum Gasteiger partial charge on any atom is 0.0437 e. The summed E-state index contributed by atoms with van der Waals surface area (Å²) in [7, 11) is 2.13. The molecule has 0 fully saturated rings. The summed E-state index contributed by atoms with van der Waals surface area (Å²) in [5.41, 5.74) is 2.67. The molecule has 1 unspecified atom stereocenters. The second-order valence-electron chi connectivity index (χ2n) is 4.14. The maximum absolute atomic E-state index is 3.31. The lowest BCUT2D eigenvalue weighted by Gasteiger charge is -2.23. The van der Waals surface area contributed by atoms with Crippen molar-refractivity contribution in [1.82, 2.24) is 10.2 Å².